The predicted molar refractivity (Wildman–Crippen MR) is 82.3 cm³/mol. The molecular formula is C14H21BrN2O3. The molecule has 0 unspecified atom stereocenters. The molecule has 0 spiro atoms. The largest absolute Gasteiger partial charge is 0.493 e. The third kappa shape index (κ3) is 5.02. The Hall–Kier alpha value is -1.27. The summed E-state index contributed by atoms with van der Waals surface area (Å²) in [4.78, 5) is 11.5. The van der Waals surface area contributed by atoms with Gasteiger partial charge < -0.3 is 20.1 Å². The molecule has 0 aromatic heterocycles. The minimum atomic E-state index is 0.00319. The Bertz CT molecular complexity index is 452. The molecule has 0 fully saturated rings. The molecule has 5 nitrogen and oxygen atoms in total. The van der Waals surface area contributed by atoms with Crippen LogP contribution in [0.5, 0.6) is 11.5 Å². The molecule has 112 valence electrons. The molecule has 0 saturated carbocycles. The highest BCUT2D eigenvalue weighted by molar-refractivity contribution is 9.10. The minimum Gasteiger partial charge on any atom is -0.493 e. The Morgan fingerprint density at radius 1 is 1.25 bits per heavy atom. The Morgan fingerprint density at radius 2 is 1.90 bits per heavy atom. The van der Waals surface area contributed by atoms with Crippen molar-refractivity contribution in [1.29, 1.82) is 0 Å². The Balaban J connectivity index is 2.57. The number of carbonyl (C=O) groups is 1. The van der Waals surface area contributed by atoms with E-state index >= 15 is 0 Å². The highest BCUT2D eigenvalue weighted by Gasteiger charge is 2.09. The lowest BCUT2D eigenvalue weighted by atomic mass is 10.2. The van der Waals surface area contributed by atoms with Crippen molar-refractivity contribution in [3.8, 4) is 11.5 Å². The van der Waals surface area contributed by atoms with Crippen LogP contribution < -0.4 is 20.1 Å². The summed E-state index contributed by atoms with van der Waals surface area (Å²) >= 11 is 3.48. The average Bonchev–Trinajstić information content (AvgIpc) is 2.46. The van der Waals surface area contributed by atoms with Crippen molar-refractivity contribution in [2.24, 2.45) is 0 Å². The Morgan fingerprint density at radius 3 is 2.50 bits per heavy atom. The third-order valence-corrected chi connectivity index (χ3v) is 3.46. The predicted octanol–water partition coefficient (Wildman–Crippen LogP) is 2.08. The van der Waals surface area contributed by atoms with E-state index < -0.39 is 0 Å². The lowest BCUT2D eigenvalue weighted by Gasteiger charge is -2.12. The number of nitrogens with one attached hydrogen (secondary N) is 2. The number of hydrogen-bond donors (Lipinski definition) is 2. The number of carbonyl (C=O) groups excluding carboxylic acids is 1. The molecule has 0 aliphatic carbocycles. The van der Waals surface area contributed by atoms with Gasteiger partial charge in [-0.25, -0.2) is 0 Å². The van der Waals surface area contributed by atoms with Crippen LogP contribution in [0.25, 0.3) is 0 Å². The van der Waals surface area contributed by atoms with Gasteiger partial charge in [-0.15, -0.1) is 0 Å². The van der Waals surface area contributed by atoms with E-state index in [1.54, 1.807) is 14.2 Å². The normalized spacial score (nSPS) is 10.2. The van der Waals surface area contributed by atoms with E-state index in [0.717, 1.165) is 16.5 Å². The monoisotopic (exact) mass is 344 g/mol. The van der Waals surface area contributed by atoms with E-state index in [1.165, 1.54) is 0 Å². The zero-order chi connectivity index (χ0) is 15.0. The second-order valence-electron chi connectivity index (χ2n) is 4.25. The Labute approximate surface area is 128 Å². The van der Waals surface area contributed by atoms with E-state index in [-0.39, 0.29) is 5.91 Å². The molecule has 0 saturated heterocycles. The molecule has 0 atom stereocenters. The van der Waals surface area contributed by atoms with Crippen LogP contribution in [0.1, 0.15) is 18.9 Å². The molecule has 0 aliphatic rings. The molecule has 6 heteroatoms. The molecule has 0 heterocycles. The first kappa shape index (κ1) is 16.8. The third-order valence-electron chi connectivity index (χ3n) is 2.73. The van der Waals surface area contributed by atoms with Crippen LogP contribution in [0.15, 0.2) is 16.6 Å². The van der Waals surface area contributed by atoms with Gasteiger partial charge in [0.25, 0.3) is 0 Å². The van der Waals surface area contributed by atoms with E-state index in [4.69, 9.17) is 9.47 Å². The standard InChI is InChI=1S/C14H21BrN2O3/c1-4-5-17-14(18)9-16-8-10-6-12(19-2)13(20-3)7-11(10)15/h6-7,16H,4-5,8-9H2,1-3H3,(H,17,18). The molecule has 1 aromatic carbocycles. The number of hydrogen-bond acceptors (Lipinski definition) is 4. The van der Waals surface area contributed by atoms with Crippen molar-refractivity contribution in [3.05, 3.63) is 22.2 Å². The zero-order valence-corrected chi connectivity index (χ0v) is 13.7. The van der Waals surface area contributed by atoms with Gasteiger partial charge in [-0.1, -0.05) is 22.9 Å². The maximum absolute atomic E-state index is 11.5. The molecule has 1 amide bonds. The second-order valence-corrected chi connectivity index (χ2v) is 5.11. The lowest BCUT2D eigenvalue weighted by molar-refractivity contribution is -0.120. The smallest absolute Gasteiger partial charge is 0.233 e. The van der Waals surface area contributed by atoms with Crippen LogP contribution >= 0.6 is 15.9 Å². The number of amides is 1. The van der Waals surface area contributed by atoms with Crippen LogP contribution in [0.3, 0.4) is 0 Å². The van der Waals surface area contributed by atoms with E-state index in [2.05, 4.69) is 26.6 Å². The number of methoxy groups -OCH3 is 2. The zero-order valence-electron chi connectivity index (χ0n) is 12.1. The van der Waals surface area contributed by atoms with Crippen molar-refractivity contribution < 1.29 is 14.3 Å². The molecule has 0 radical (unpaired) electrons. The summed E-state index contributed by atoms with van der Waals surface area (Å²) in [6.07, 6.45) is 0.937. The van der Waals surface area contributed by atoms with Gasteiger partial charge in [-0.2, -0.15) is 0 Å². The van der Waals surface area contributed by atoms with Gasteiger partial charge in [0.05, 0.1) is 20.8 Å². The van der Waals surface area contributed by atoms with Gasteiger partial charge in [-0.05, 0) is 24.1 Å². The molecule has 1 aromatic rings. The van der Waals surface area contributed by atoms with Gasteiger partial charge >= 0.3 is 0 Å². The van der Waals surface area contributed by atoms with Crippen LogP contribution in [0, 0.1) is 0 Å². The topological polar surface area (TPSA) is 59.6 Å². The summed E-state index contributed by atoms with van der Waals surface area (Å²) in [6.45, 7) is 3.59. The number of ether oxygens (including phenoxy) is 2. The summed E-state index contributed by atoms with van der Waals surface area (Å²) in [6, 6.07) is 3.74. The molecule has 20 heavy (non-hydrogen) atoms. The molecular weight excluding hydrogens is 324 g/mol. The molecule has 2 N–H and O–H groups in total. The first-order valence-electron chi connectivity index (χ1n) is 6.50. The van der Waals surface area contributed by atoms with Gasteiger partial charge in [-0.3, -0.25) is 4.79 Å². The van der Waals surface area contributed by atoms with Gasteiger partial charge in [0, 0.05) is 17.6 Å². The van der Waals surface area contributed by atoms with Crippen LogP contribution in [-0.4, -0.2) is 33.2 Å². The highest BCUT2D eigenvalue weighted by Crippen LogP contribution is 2.33. The first-order chi connectivity index (χ1) is 9.62. The Kier molecular flexibility index (Phi) is 7.40. The fourth-order valence-corrected chi connectivity index (χ4v) is 2.13. The van der Waals surface area contributed by atoms with Crippen molar-refractivity contribution in [1.82, 2.24) is 10.6 Å². The second kappa shape index (κ2) is 8.81. The fourth-order valence-electron chi connectivity index (χ4n) is 1.67. The van der Waals surface area contributed by atoms with Crippen LogP contribution in [0.4, 0.5) is 0 Å². The van der Waals surface area contributed by atoms with Crippen LogP contribution in [0.2, 0.25) is 0 Å². The summed E-state index contributed by atoms with van der Waals surface area (Å²) in [5.41, 5.74) is 1.01. The molecule has 0 bridgehead atoms. The van der Waals surface area contributed by atoms with Gasteiger partial charge in [0.1, 0.15) is 0 Å². The number of benzene rings is 1. The highest BCUT2D eigenvalue weighted by atomic mass is 79.9. The summed E-state index contributed by atoms with van der Waals surface area (Å²) in [7, 11) is 3.20. The van der Waals surface area contributed by atoms with Crippen molar-refractivity contribution in [2.45, 2.75) is 19.9 Å². The van der Waals surface area contributed by atoms with Gasteiger partial charge in [0.15, 0.2) is 11.5 Å². The van der Waals surface area contributed by atoms with E-state index in [0.29, 0.717) is 31.1 Å². The quantitative estimate of drug-likeness (QED) is 0.757. The minimum absolute atomic E-state index is 0.00319. The molecule has 0 aliphatic heterocycles. The van der Waals surface area contributed by atoms with Crippen molar-refractivity contribution in [3.63, 3.8) is 0 Å². The van der Waals surface area contributed by atoms with Crippen molar-refractivity contribution >= 4 is 21.8 Å². The number of rotatable bonds is 8. The molecule has 1 rings (SSSR count). The number of halogens is 1. The fraction of sp³-hybridized carbons (Fsp3) is 0.500. The first-order valence-corrected chi connectivity index (χ1v) is 7.29. The SMILES string of the molecule is CCCNC(=O)CNCc1cc(OC)c(OC)cc1Br. The van der Waals surface area contributed by atoms with Gasteiger partial charge in [0.2, 0.25) is 5.91 Å². The van der Waals surface area contributed by atoms with E-state index in [1.807, 2.05) is 19.1 Å². The van der Waals surface area contributed by atoms with Crippen molar-refractivity contribution in [2.75, 3.05) is 27.3 Å². The lowest BCUT2D eigenvalue weighted by Crippen LogP contribution is -2.34. The van der Waals surface area contributed by atoms with Crippen LogP contribution in [-0.2, 0) is 11.3 Å². The average molecular weight is 345 g/mol. The summed E-state index contributed by atoms with van der Waals surface area (Å²) in [5.74, 6) is 1.34. The summed E-state index contributed by atoms with van der Waals surface area (Å²) in [5, 5.41) is 5.92. The maximum Gasteiger partial charge on any atom is 0.233 e. The maximum atomic E-state index is 11.5. The summed E-state index contributed by atoms with van der Waals surface area (Å²) < 4.78 is 11.4. The van der Waals surface area contributed by atoms with E-state index in [9.17, 15) is 4.79 Å².